The van der Waals surface area contributed by atoms with Crippen molar-refractivity contribution in [2.75, 3.05) is 0 Å². The fourth-order valence-corrected chi connectivity index (χ4v) is 3.63. The Balaban J connectivity index is 1.87. The van der Waals surface area contributed by atoms with Gasteiger partial charge in [-0.2, -0.15) is 0 Å². The molecule has 0 amide bonds. The van der Waals surface area contributed by atoms with Gasteiger partial charge in [-0.25, -0.2) is 0 Å². The third-order valence-corrected chi connectivity index (χ3v) is 5.62. The molecule has 21 heavy (non-hydrogen) atoms. The molecule has 0 aromatic carbocycles. The van der Waals surface area contributed by atoms with Gasteiger partial charge < -0.3 is 9.84 Å². The minimum absolute atomic E-state index is 0.0333. The van der Waals surface area contributed by atoms with E-state index in [-0.39, 0.29) is 18.0 Å². The Morgan fingerprint density at radius 1 is 1.10 bits per heavy atom. The van der Waals surface area contributed by atoms with Crippen LogP contribution >= 0.6 is 0 Å². The smallest absolute Gasteiger partial charge is 0.311 e. The Morgan fingerprint density at radius 2 is 1.71 bits per heavy atom. The highest BCUT2D eigenvalue weighted by molar-refractivity contribution is 5.76. The maximum Gasteiger partial charge on any atom is 0.311 e. The number of hydrogen-bond donors (Lipinski definition) is 1. The molecule has 4 atom stereocenters. The summed E-state index contributed by atoms with van der Waals surface area (Å²) in [6.07, 6.45) is 6.17. The first-order valence-corrected chi connectivity index (χ1v) is 8.27. The Labute approximate surface area is 127 Å². The second-order valence-electron chi connectivity index (χ2n) is 7.45. The van der Waals surface area contributed by atoms with Crippen LogP contribution in [0.15, 0.2) is 0 Å². The first-order valence-electron chi connectivity index (χ1n) is 8.27. The largest absolute Gasteiger partial charge is 0.481 e. The molecule has 4 unspecified atom stereocenters. The molecule has 0 aliphatic heterocycles. The van der Waals surface area contributed by atoms with Crippen LogP contribution in [0.25, 0.3) is 0 Å². The number of rotatable bonds is 4. The zero-order chi connectivity index (χ0) is 15.6. The zero-order valence-corrected chi connectivity index (χ0v) is 13.4. The van der Waals surface area contributed by atoms with Crippen molar-refractivity contribution >= 4 is 11.9 Å². The molecule has 2 fully saturated rings. The molecule has 0 heterocycles. The Bertz CT molecular complexity index is 402. The number of ether oxygens (including phenoxy) is 1. The van der Waals surface area contributed by atoms with E-state index in [4.69, 9.17) is 9.84 Å². The van der Waals surface area contributed by atoms with Gasteiger partial charge in [-0.3, -0.25) is 9.59 Å². The van der Waals surface area contributed by atoms with Gasteiger partial charge in [0.2, 0.25) is 0 Å². The molecule has 0 saturated heterocycles. The van der Waals surface area contributed by atoms with Crippen LogP contribution in [0.4, 0.5) is 0 Å². The van der Waals surface area contributed by atoms with Crippen molar-refractivity contribution in [3.63, 3.8) is 0 Å². The Hall–Kier alpha value is -1.06. The van der Waals surface area contributed by atoms with Crippen LogP contribution in [0, 0.1) is 23.2 Å². The van der Waals surface area contributed by atoms with Crippen LogP contribution < -0.4 is 0 Å². The third-order valence-electron chi connectivity index (χ3n) is 5.62. The lowest BCUT2D eigenvalue weighted by Gasteiger charge is -2.41. The fraction of sp³-hybridized carbons (Fsp3) is 0.882. The molecular formula is C17H28O4. The SMILES string of the molecule is CCC(C)(C)C(=O)OC1CCC2CC(C(=O)O)CCC2C1. The van der Waals surface area contributed by atoms with Crippen LogP contribution in [0.1, 0.15) is 65.7 Å². The summed E-state index contributed by atoms with van der Waals surface area (Å²) in [5.74, 6) is 0.148. The van der Waals surface area contributed by atoms with Crippen molar-refractivity contribution in [3.05, 3.63) is 0 Å². The predicted octanol–water partition coefficient (Wildman–Crippen LogP) is 3.64. The number of esters is 1. The van der Waals surface area contributed by atoms with Crippen LogP contribution in [-0.4, -0.2) is 23.1 Å². The third kappa shape index (κ3) is 3.78. The molecule has 0 bridgehead atoms. The minimum Gasteiger partial charge on any atom is -0.481 e. The van der Waals surface area contributed by atoms with E-state index in [9.17, 15) is 9.59 Å². The summed E-state index contributed by atoms with van der Waals surface area (Å²) in [6, 6.07) is 0. The molecule has 0 radical (unpaired) electrons. The highest BCUT2D eigenvalue weighted by Crippen LogP contribution is 2.43. The zero-order valence-electron chi connectivity index (χ0n) is 13.4. The van der Waals surface area contributed by atoms with Crippen molar-refractivity contribution in [1.82, 2.24) is 0 Å². The lowest BCUT2D eigenvalue weighted by molar-refractivity contribution is -0.163. The van der Waals surface area contributed by atoms with Crippen molar-refractivity contribution in [2.24, 2.45) is 23.2 Å². The molecule has 0 aromatic heterocycles. The van der Waals surface area contributed by atoms with Gasteiger partial charge in [-0.05, 0) is 70.6 Å². The standard InChI is InChI=1S/C17H28O4/c1-4-17(2,3)16(20)21-14-8-7-11-9-13(15(18)19)6-5-12(11)10-14/h11-14H,4-10H2,1-3H3,(H,18,19). The van der Waals surface area contributed by atoms with Gasteiger partial charge in [-0.1, -0.05) is 6.92 Å². The molecule has 2 aliphatic rings. The highest BCUT2D eigenvalue weighted by Gasteiger charge is 2.39. The van der Waals surface area contributed by atoms with Gasteiger partial charge in [0.05, 0.1) is 11.3 Å². The summed E-state index contributed by atoms with van der Waals surface area (Å²) in [5, 5.41) is 9.15. The van der Waals surface area contributed by atoms with E-state index in [1.54, 1.807) is 0 Å². The topological polar surface area (TPSA) is 63.6 Å². The maximum atomic E-state index is 12.2. The average Bonchev–Trinajstić information content (AvgIpc) is 2.46. The lowest BCUT2D eigenvalue weighted by Crippen LogP contribution is -2.38. The first kappa shape index (κ1) is 16.3. The number of hydrogen-bond acceptors (Lipinski definition) is 3. The van der Waals surface area contributed by atoms with Crippen LogP contribution in [0.5, 0.6) is 0 Å². The molecule has 2 saturated carbocycles. The molecule has 0 spiro atoms. The molecule has 4 heteroatoms. The second kappa shape index (κ2) is 6.37. The van der Waals surface area contributed by atoms with Crippen LogP contribution in [-0.2, 0) is 14.3 Å². The summed E-state index contributed by atoms with van der Waals surface area (Å²) in [7, 11) is 0. The van der Waals surface area contributed by atoms with Gasteiger partial charge in [0, 0.05) is 0 Å². The number of carboxylic acids is 1. The molecule has 2 aliphatic carbocycles. The lowest BCUT2D eigenvalue weighted by atomic mass is 9.67. The van der Waals surface area contributed by atoms with Crippen molar-refractivity contribution in [3.8, 4) is 0 Å². The van der Waals surface area contributed by atoms with Gasteiger partial charge in [-0.15, -0.1) is 0 Å². The second-order valence-corrected chi connectivity index (χ2v) is 7.45. The minimum atomic E-state index is -0.647. The van der Waals surface area contributed by atoms with E-state index in [0.717, 1.165) is 44.9 Å². The Kier molecular flexibility index (Phi) is 4.95. The molecule has 2 rings (SSSR count). The van der Waals surface area contributed by atoms with Gasteiger partial charge in [0.15, 0.2) is 0 Å². The van der Waals surface area contributed by atoms with Crippen molar-refractivity contribution in [2.45, 2.75) is 71.8 Å². The van der Waals surface area contributed by atoms with Crippen molar-refractivity contribution in [1.29, 1.82) is 0 Å². The molecule has 120 valence electrons. The van der Waals surface area contributed by atoms with E-state index >= 15 is 0 Å². The first-order chi connectivity index (χ1) is 9.83. The highest BCUT2D eigenvalue weighted by atomic mass is 16.5. The number of fused-ring (bicyclic) bond motifs is 1. The van der Waals surface area contributed by atoms with E-state index in [1.807, 2.05) is 20.8 Å². The van der Waals surface area contributed by atoms with Crippen LogP contribution in [0.3, 0.4) is 0 Å². The molecular weight excluding hydrogens is 268 g/mol. The fourth-order valence-electron chi connectivity index (χ4n) is 3.63. The van der Waals surface area contributed by atoms with Crippen molar-refractivity contribution < 1.29 is 19.4 Å². The quantitative estimate of drug-likeness (QED) is 0.805. The molecule has 1 N–H and O–H groups in total. The van der Waals surface area contributed by atoms with E-state index in [1.165, 1.54) is 0 Å². The Morgan fingerprint density at radius 3 is 2.33 bits per heavy atom. The van der Waals surface area contributed by atoms with E-state index in [2.05, 4.69) is 0 Å². The number of carboxylic acid groups (broad SMARTS) is 1. The number of aliphatic carboxylic acids is 1. The summed E-state index contributed by atoms with van der Waals surface area (Å²) < 4.78 is 5.72. The molecule has 0 aromatic rings. The number of carbonyl (C=O) groups is 2. The summed E-state index contributed by atoms with van der Waals surface area (Å²) >= 11 is 0. The average molecular weight is 296 g/mol. The monoisotopic (exact) mass is 296 g/mol. The predicted molar refractivity (Wildman–Crippen MR) is 79.8 cm³/mol. The van der Waals surface area contributed by atoms with Gasteiger partial charge in [0.1, 0.15) is 6.10 Å². The molecule has 4 nitrogen and oxygen atoms in total. The summed E-state index contributed by atoms with van der Waals surface area (Å²) in [5.41, 5.74) is -0.405. The van der Waals surface area contributed by atoms with Gasteiger partial charge in [0.25, 0.3) is 0 Å². The normalized spacial score (nSPS) is 33.1. The summed E-state index contributed by atoms with van der Waals surface area (Å²) in [4.78, 5) is 23.3. The number of carbonyl (C=O) groups excluding carboxylic acids is 1. The summed E-state index contributed by atoms with van der Waals surface area (Å²) in [6.45, 7) is 5.86. The van der Waals surface area contributed by atoms with Crippen LogP contribution in [0.2, 0.25) is 0 Å². The van der Waals surface area contributed by atoms with E-state index < -0.39 is 11.4 Å². The van der Waals surface area contributed by atoms with Gasteiger partial charge >= 0.3 is 11.9 Å². The maximum absolute atomic E-state index is 12.2. The van der Waals surface area contributed by atoms with E-state index in [0.29, 0.717) is 11.8 Å².